The molecular formula is C31H40N4O2. The maximum absolute atomic E-state index is 14.3. The second kappa shape index (κ2) is 9.97. The first kappa shape index (κ1) is 25.5. The Labute approximate surface area is 221 Å². The van der Waals surface area contributed by atoms with Crippen molar-refractivity contribution >= 4 is 11.7 Å². The molecule has 0 radical (unpaired) electrons. The normalized spacial score (nSPS) is 24.8. The van der Waals surface area contributed by atoms with Crippen molar-refractivity contribution in [2.24, 2.45) is 0 Å². The van der Waals surface area contributed by atoms with Gasteiger partial charge in [-0.25, -0.2) is 4.68 Å². The largest absolute Gasteiger partial charge is 0.372 e. The molecule has 0 spiro atoms. The fraction of sp³-hybridized carbons (Fsp3) is 0.484. The topological polar surface area (TPSA) is 59.4 Å². The number of hydrogen-bond donors (Lipinski definition) is 1. The predicted octanol–water partition coefficient (Wildman–Crippen LogP) is 6.47. The number of rotatable bonds is 6. The lowest BCUT2D eigenvalue weighted by molar-refractivity contribution is 0.0436. The molecule has 2 aromatic carbocycles. The van der Waals surface area contributed by atoms with Crippen LogP contribution < -0.4 is 5.32 Å². The summed E-state index contributed by atoms with van der Waals surface area (Å²) in [4.78, 5) is 16.4. The van der Waals surface area contributed by atoms with E-state index in [2.05, 4.69) is 74.1 Å². The van der Waals surface area contributed by atoms with E-state index in [0.717, 1.165) is 42.8 Å². The summed E-state index contributed by atoms with van der Waals surface area (Å²) >= 11 is 0. The van der Waals surface area contributed by atoms with Crippen LogP contribution >= 0.6 is 0 Å². The van der Waals surface area contributed by atoms with Crippen LogP contribution in [0.3, 0.4) is 0 Å². The zero-order valence-electron chi connectivity index (χ0n) is 22.8. The molecule has 2 aliphatic heterocycles. The van der Waals surface area contributed by atoms with Gasteiger partial charge in [-0.3, -0.25) is 4.79 Å². The maximum atomic E-state index is 14.3. The number of fused-ring (bicyclic) bond motifs is 1. The van der Waals surface area contributed by atoms with Crippen molar-refractivity contribution in [2.75, 3.05) is 11.9 Å². The summed E-state index contributed by atoms with van der Waals surface area (Å²) in [5.74, 6) is 0.886. The van der Waals surface area contributed by atoms with E-state index in [1.54, 1.807) is 0 Å². The van der Waals surface area contributed by atoms with E-state index in [1.807, 2.05) is 36.1 Å². The zero-order valence-corrected chi connectivity index (χ0v) is 22.8. The average molecular weight is 501 g/mol. The van der Waals surface area contributed by atoms with E-state index in [4.69, 9.17) is 9.84 Å². The molecule has 3 aromatic rings. The van der Waals surface area contributed by atoms with E-state index in [0.29, 0.717) is 18.7 Å². The van der Waals surface area contributed by atoms with E-state index < -0.39 is 0 Å². The molecule has 5 rings (SSSR count). The van der Waals surface area contributed by atoms with Gasteiger partial charge in [0.2, 0.25) is 0 Å². The van der Waals surface area contributed by atoms with Crippen molar-refractivity contribution in [3.05, 3.63) is 83.0 Å². The van der Waals surface area contributed by atoms with Crippen molar-refractivity contribution in [3.8, 4) is 0 Å². The highest BCUT2D eigenvalue weighted by molar-refractivity contribution is 6.01. The standard InChI is InChI=1S/C31H40N4O2/c1-6-31(5)19-25(37-21-23-13-9-7-10-14-23)20-34(31)29(36)27-22(2)33-35-28(27)32-26(17-18-30(35,3)4)24-15-11-8-12-16-24/h7-16,25-26,32H,6,17-21H2,1-5H3/t25-,26-,31?/m1/s1. The molecule has 1 saturated heterocycles. The molecule has 0 aliphatic carbocycles. The average Bonchev–Trinajstić information content (AvgIpc) is 3.39. The fourth-order valence-corrected chi connectivity index (χ4v) is 5.92. The van der Waals surface area contributed by atoms with Crippen LogP contribution in [0.15, 0.2) is 60.7 Å². The SMILES string of the molecule is CCC1(C)C[C@@H](OCc2ccccc2)CN1C(=O)c1c(C)nn2c1N[C@@H](c1ccccc1)CCC2(C)C. The molecule has 196 valence electrons. The number of hydrogen-bond acceptors (Lipinski definition) is 4. The number of nitrogens with zero attached hydrogens (tertiary/aromatic N) is 3. The lowest BCUT2D eigenvalue weighted by atomic mass is 9.94. The van der Waals surface area contributed by atoms with Crippen LogP contribution in [0.25, 0.3) is 0 Å². The molecule has 1 amide bonds. The van der Waals surface area contributed by atoms with Crippen LogP contribution in [0.4, 0.5) is 5.82 Å². The van der Waals surface area contributed by atoms with Crippen molar-refractivity contribution in [3.63, 3.8) is 0 Å². The highest BCUT2D eigenvalue weighted by Gasteiger charge is 2.46. The molecule has 3 heterocycles. The molecule has 0 bridgehead atoms. The zero-order chi connectivity index (χ0) is 26.2. The monoisotopic (exact) mass is 500 g/mol. The molecule has 1 aromatic heterocycles. The van der Waals surface area contributed by atoms with Gasteiger partial charge in [0.15, 0.2) is 0 Å². The van der Waals surface area contributed by atoms with Crippen LogP contribution in [0.2, 0.25) is 0 Å². The van der Waals surface area contributed by atoms with Crippen LogP contribution in [0, 0.1) is 6.92 Å². The summed E-state index contributed by atoms with van der Waals surface area (Å²) in [6, 6.07) is 20.9. The smallest absolute Gasteiger partial charge is 0.260 e. The number of ether oxygens (including phenoxy) is 1. The Morgan fingerprint density at radius 1 is 1.08 bits per heavy atom. The molecule has 6 nitrogen and oxygen atoms in total. The summed E-state index contributed by atoms with van der Waals surface area (Å²) in [6.45, 7) is 11.9. The summed E-state index contributed by atoms with van der Waals surface area (Å²) in [6.07, 6.45) is 3.64. The minimum absolute atomic E-state index is 0.00468. The Balaban J connectivity index is 1.44. The molecule has 37 heavy (non-hydrogen) atoms. The molecule has 1 unspecified atom stereocenters. The van der Waals surface area contributed by atoms with E-state index >= 15 is 0 Å². The molecule has 0 saturated carbocycles. The van der Waals surface area contributed by atoms with Gasteiger partial charge in [0.25, 0.3) is 5.91 Å². The van der Waals surface area contributed by atoms with Crippen molar-refractivity contribution in [1.29, 1.82) is 0 Å². The van der Waals surface area contributed by atoms with Crippen molar-refractivity contribution in [2.45, 2.75) is 90.1 Å². The molecule has 1 N–H and O–H groups in total. The second-order valence-electron chi connectivity index (χ2n) is 11.6. The van der Waals surface area contributed by atoms with E-state index in [9.17, 15) is 4.79 Å². The number of aryl methyl sites for hydroxylation is 1. The van der Waals surface area contributed by atoms with Crippen LogP contribution in [0.5, 0.6) is 0 Å². The quantitative estimate of drug-likeness (QED) is 0.421. The Hall–Kier alpha value is -3.12. The van der Waals surface area contributed by atoms with Crippen molar-refractivity contribution < 1.29 is 9.53 Å². The Morgan fingerprint density at radius 3 is 2.43 bits per heavy atom. The highest BCUT2D eigenvalue weighted by Crippen LogP contribution is 2.41. The van der Waals surface area contributed by atoms with E-state index in [1.165, 1.54) is 5.56 Å². The number of carbonyl (C=O) groups is 1. The lowest BCUT2D eigenvalue weighted by Gasteiger charge is -2.34. The summed E-state index contributed by atoms with van der Waals surface area (Å²) < 4.78 is 8.38. The number of likely N-dealkylation sites (tertiary alicyclic amines) is 1. The number of carbonyl (C=O) groups excluding carboxylic acids is 1. The number of aromatic nitrogens is 2. The Morgan fingerprint density at radius 2 is 1.76 bits per heavy atom. The maximum Gasteiger partial charge on any atom is 0.260 e. The predicted molar refractivity (Wildman–Crippen MR) is 148 cm³/mol. The molecule has 3 atom stereocenters. The first-order valence-corrected chi connectivity index (χ1v) is 13.6. The van der Waals surface area contributed by atoms with Gasteiger partial charge in [-0.05, 0) is 64.5 Å². The van der Waals surface area contributed by atoms with Crippen molar-refractivity contribution in [1.82, 2.24) is 14.7 Å². The van der Waals surface area contributed by atoms with Gasteiger partial charge in [0, 0.05) is 12.1 Å². The third-order valence-electron chi connectivity index (χ3n) is 8.45. The first-order chi connectivity index (χ1) is 17.7. The van der Waals surface area contributed by atoms with Gasteiger partial charge < -0.3 is 15.0 Å². The second-order valence-corrected chi connectivity index (χ2v) is 11.6. The van der Waals surface area contributed by atoms with Gasteiger partial charge >= 0.3 is 0 Å². The third kappa shape index (κ3) is 4.91. The first-order valence-electron chi connectivity index (χ1n) is 13.6. The van der Waals surface area contributed by atoms with Gasteiger partial charge in [0.05, 0.1) is 30.0 Å². The number of amides is 1. The Bertz CT molecular complexity index is 1240. The van der Waals surface area contributed by atoms with Gasteiger partial charge in [-0.1, -0.05) is 67.6 Å². The number of nitrogens with one attached hydrogen (secondary N) is 1. The molecule has 2 aliphatic rings. The number of benzene rings is 2. The summed E-state index contributed by atoms with van der Waals surface area (Å²) in [5, 5.41) is 8.68. The minimum atomic E-state index is -0.265. The summed E-state index contributed by atoms with van der Waals surface area (Å²) in [5.41, 5.74) is 3.40. The molecular weight excluding hydrogens is 460 g/mol. The van der Waals surface area contributed by atoms with Gasteiger partial charge in [0.1, 0.15) is 11.4 Å². The van der Waals surface area contributed by atoms with Gasteiger partial charge in [-0.2, -0.15) is 5.10 Å². The summed E-state index contributed by atoms with van der Waals surface area (Å²) in [7, 11) is 0. The van der Waals surface area contributed by atoms with Crippen LogP contribution in [0.1, 0.15) is 86.6 Å². The molecule has 1 fully saturated rings. The fourth-order valence-electron chi connectivity index (χ4n) is 5.92. The Kier molecular flexibility index (Phi) is 6.88. The van der Waals surface area contributed by atoms with Crippen LogP contribution in [-0.4, -0.2) is 38.8 Å². The minimum Gasteiger partial charge on any atom is -0.372 e. The third-order valence-corrected chi connectivity index (χ3v) is 8.45. The van der Waals surface area contributed by atoms with E-state index in [-0.39, 0.29) is 29.1 Å². The molecule has 6 heteroatoms. The lowest BCUT2D eigenvalue weighted by Crippen LogP contribution is -2.45. The highest BCUT2D eigenvalue weighted by atomic mass is 16.5. The van der Waals surface area contributed by atoms with Gasteiger partial charge in [-0.15, -0.1) is 0 Å². The van der Waals surface area contributed by atoms with Crippen LogP contribution in [-0.2, 0) is 16.9 Å². The number of anilines is 1.